The zero-order valence-electron chi connectivity index (χ0n) is 16.7. The summed E-state index contributed by atoms with van der Waals surface area (Å²) in [5.41, 5.74) is 2.39. The summed E-state index contributed by atoms with van der Waals surface area (Å²) >= 11 is 0. The molecule has 3 aromatic heterocycles. The molecule has 0 atom stereocenters. The third kappa shape index (κ3) is 3.35. The van der Waals surface area contributed by atoms with Gasteiger partial charge in [-0.1, -0.05) is 6.92 Å². The van der Waals surface area contributed by atoms with Gasteiger partial charge in [-0.3, -0.25) is 9.36 Å². The second-order valence-electron chi connectivity index (χ2n) is 7.70. The quantitative estimate of drug-likeness (QED) is 0.533. The van der Waals surface area contributed by atoms with Crippen molar-refractivity contribution in [3.8, 4) is 5.69 Å². The number of nitrogens with one attached hydrogen (secondary N) is 1. The maximum Gasteiger partial charge on any atom is 0.252 e. The minimum absolute atomic E-state index is 0.00101. The molecule has 0 saturated carbocycles. The summed E-state index contributed by atoms with van der Waals surface area (Å²) in [6.07, 6.45) is 6.33. The first-order chi connectivity index (χ1) is 14.7. The highest BCUT2D eigenvalue weighted by Gasteiger charge is 2.37. The summed E-state index contributed by atoms with van der Waals surface area (Å²) in [5.74, 6) is 0.448. The van der Waals surface area contributed by atoms with Gasteiger partial charge in [-0.25, -0.2) is 9.67 Å². The number of rotatable bonds is 6. The smallest absolute Gasteiger partial charge is 0.252 e. The van der Waals surface area contributed by atoms with Crippen LogP contribution in [0.1, 0.15) is 13.3 Å². The van der Waals surface area contributed by atoms with Gasteiger partial charge < -0.3 is 10.1 Å². The van der Waals surface area contributed by atoms with Crippen LogP contribution < -0.4 is 10.9 Å². The first-order valence-electron chi connectivity index (χ1n) is 9.97. The van der Waals surface area contributed by atoms with E-state index in [1.165, 1.54) is 0 Å². The molecular weight excluding hydrogens is 380 g/mol. The molecule has 0 unspecified atom stereocenters. The van der Waals surface area contributed by atoms with Crippen LogP contribution in [-0.4, -0.2) is 37.5 Å². The van der Waals surface area contributed by atoms with Crippen LogP contribution in [0.15, 0.2) is 65.8 Å². The van der Waals surface area contributed by atoms with Gasteiger partial charge in [0, 0.05) is 47.7 Å². The number of hydrogen-bond donors (Lipinski definition) is 1. The molecule has 0 amide bonds. The zero-order chi connectivity index (χ0) is 20.6. The highest BCUT2D eigenvalue weighted by molar-refractivity contribution is 5.75. The van der Waals surface area contributed by atoms with Gasteiger partial charge >= 0.3 is 0 Å². The molecule has 1 saturated heterocycles. The monoisotopic (exact) mass is 402 g/mol. The maximum atomic E-state index is 12.6. The Morgan fingerprint density at radius 3 is 2.67 bits per heavy atom. The fraction of sp³-hybridized carbons (Fsp3) is 0.273. The highest BCUT2D eigenvalue weighted by Crippen LogP contribution is 2.33. The van der Waals surface area contributed by atoms with Gasteiger partial charge in [0.15, 0.2) is 0 Å². The minimum Gasteiger partial charge on any atom is -0.380 e. The average Bonchev–Trinajstić information content (AvgIpc) is 3.28. The molecule has 0 aliphatic carbocycles. The molecule has 152 valence electrons. The van der Waals surface area contributed by atoms with E-state index in [2.05, 4.69) is 27.3 Å². The summed E-state index contributed by atoms with van der Waals surface area (Å²) in [4.78, 5) is 21.7. The number of pyridine rings is 1. The van der Waals surface area contributed by atoms with Crippen molar-refractivity contribution in [1.82, 2.24) is 24.3 Å². The Balaban J connectivity index is 1.45. The Hall–Kier alpha value is -3.52. The molecule has 0 radical (unpaired) electrons. The van der Waals surface area contributed by atoms with E-state index in [0.717, 1.165) is 23.2 Å². The fourth-order valence-corrected chi connectivity index (χ4v) is 3.67. The number of aromatic nitrogens is 5. The average molecular weight is 402 g/mol. The molecule has 4 heterocycles. The van der Waals surface area contributed by atoms with Crippen molar-refractivity contribution < 1.29 is 4.74 Å². The van der Waals surface area contributed by atoms with E-state index in [1.807, 2.05) is 36.5 Å². The molecule has 0 bridgehead atoms. The number of fused-ring (bicyclic) bond motifs is 1. The largest absolute Gasteiger partial charge is 0.380 e. The van der Waals surface area contributed by atoms with E-state index in [0.29, 0.717) is 31.4 Å². The van der Waals surface area contributed by atoms with E-state index >= 15 is 0 Å². The van der Waals surface area contributed by atoms with Gasteiger partial charge in [-0.2, -0.15) is 10.1 Å². The molecular formula is C22H22N6O2. The molecule has 8 heteroatoms. The lowest BCUT2D eigenvalue weighted by atomic mass is 9.83. The van der Waals surface area contributed by atoms with Crippen LogP contribution in [0.25, 0.3) is 16.7 Å². The Morgan fingerprint density at radius 2 is 2.00 bits per heavy atom. The standard InChI is InChI=1S/C22H22N6O2/c1-2-22(14-30-15-22)13-27-19(29)9-4-16-12-23-21(26-20(16)27)25-17-5-7-18(8-6-17)28-11-3-10-24-28/h3-12H,2,13-15H2,1H3,(H,23,25,26). The van der Waals surface area contributed by atoms with E-state index in [4.69, 9.17) is 4.74 Å². The van der Waals surface area contributed by atoms with E-state index in [-0.39, 0.29) is 11.0 Å². The van der Waals surface area contributed by atoms with Crippen molar-refractivity contribution >= 4 is 22.7 Å². The molecule has 8 nitrogen and oxygen atoms in total. The van der Waals surface area contributed by atoms with Crippen LogP contribution in [0.5, 0.6) is 0 Å². The number of benzene rings is 1. The normalized spacial score (nSPS) is 15.1. The third-order valence-electron chi connectivity index (χ3n) is 5.68. The van der Waals surface area contributed by atoms with Gasteiger partial charge in [-0.05, 0) is 42.8 Å². The van der Waals surface area contributed by atoms with Gasteiger partial charge in [0.1, 0.15) is 5.65 Å². The van der Waals surface area contributed by atoms with E-state index in [1.54, 1.807) is 33.8 Å². The van der Waals surface area contributed by atoms with Crippen molar-refractivity contribution in [3.63, 3.8) is 0 Å². The fourth-order valence-electron chi connectivity index (χ4n) is 3.67. The van der Waals surface area contributed by atoms with Crippen LogP contribution >= 0.6 is 0 Å². The van der Waals surface area contributed by atoms with Gasteiger partial charge in [-0.15, -0.1) is 0 Å². The molecule has 0 spiro atoms. The molecule has 1 N–H and O–H groups in total. The van der Waals surface area contributed by atoms with Crippen molar-refractivity contribution in [3.05, 3.63) is 71.4 Å². The number of nitrogens with zero attached hydrogens (tertiary/aromatic N) is 5. The topological polar surface area (TPSA) is 86.9 Å². The molecule has 1 fully saturated rings. The summed E-state index contributed by atoms with van der Waals surface area (Å²) in [5, 5.41) is 8.29. The molecule has 1 aromatic carbocycles. The SMILES string of the molecule is CCC1(Cn2c(=O)ccc3cnc(Nc4ccc(-n5cccn5)cc4)nc32)COC1. The summed E-state index contributed by atoms with van der Waals surface area (Å²) < 4.78 is 8.97. The Morgan fingerprint density at radius 1 is 1.17 bits per heavy atom. The predicted octanol–water partition coefficient (Wildman–Crippen LogP) is 3.15. The Labute approximate surface area is 173 Å². The predicted molar refractivity (Wildman–Crippen MR) is 114 cm³/mol. The van der Waals surface area contributed by atoms with Crippen LogP contribution in [0.4, 0.5) is 11.6 Å². The van der Waals surface area contributed by atoms with Crippen LogP contribution in [0, 0.1) is 5.41 Å². The first-order valence-corrected chi connectivity index (χ1v) is 9.97. The summed E-state index contributed by atoms with van der Waals surface area (Å²) in [6, 6.07) is 13.1. The zero-order valence-corrected chi connectivity index (χ0v) is 16.7. The van der Waals surface area contributed by atoms with E-state index in [9.17, 15) is 4.79 Å². The van der Waals surface area contributed by atoms with E-state index < -0.39 is 0 Å². The number of ether oxygens (including phenoxy) is 1. The van der Waals surface area contributed by atoms with Gasteiger partial charge in [0.2, 0.25) is 5.95 Å². The lowest BCUT2D eigenvalue weighted by Gasteiger charge is -2.41. The molecule has 30 heavy (non-hydrogen) atoms. The van der Waals surface area contributed by atoms with Crippen LogP contribution in [-0.2, 0) is 11.3 Å². The maximum absolute atomic E-state index is 12.6. The summed E-state index contributed by atoms with van der Waals surface area (Å²) in [7, 11) is 0. The lowest BCUT2D eigenvalue weighted by Crippen LogP contribution is -2.47. The summed E-state index contributed by atoms with van der Waals surface area (Å²) in [6.45, 7) is 4.07. The van der Waals surface area contributed by atoms with Crippen molar-refractivity contribution in [2.45, 2.75) is 19.9 Å². The van der Waals surface area contributed by atoms with Crippen LogP contribution in [0.3, 0.4) is 0 Å². The van der Waals surface area contributed by atoms with Gasteiger partial charge in [0.05, 0.1) is 18.9 Å². The molecule has 5 rings (SSSR count). The highest BCUT2D eigenvalue weighted by atomic mass is 16.5. The van der Waals surface area contributed by atoms with Gasteiger partial charge in [0.25, 0.3) is 5.56 Å². The lowest BCUT2D eigenvalue weighted by molar-refractivity contribution is -0.123. The van der Waals surface area contributed by atoms with Crippen molar-refractivity contribution in [2.75, 3.05) is 18.5 Å². The third-order valence-corrected chi connectivity index (χ3v) is 5.68. The van der Waals surface area contributed by atoms with Crippen LogP contribution in [0.2, 0.25) is 0 Å². The van der Waals surface area contributed by atoms with Crippen molar-refractivity contribution in [1.29, 1.82) is 0 Å². The number of hydrogen-bond acceptors (Lipinski definition) is 6. The second-order valence-corrected chi connectivity index (χ2v) is 7.70. The minimum atomic E-state index is -0.0598. The Kier molecular flexibility index (Phi) is 4.55. The molecule has 4 aromatic rings. The second kappa shape index (κ2) is 7.38. The molecule has 1 aliphatic rings. The Bertz CT molecular complexity index is 1220. The molecule has 1 aliphatic heterocycles. The number of anilines is 2. The first kappa shape index (κ1) is 18.5. The van der Waals surface area contributed by atoms with Crippen molar-refractivity contribution in [2.24, 2.45) is 5.41 Å².